The van der Waals surface area contributed by atoms with E-state index < -0.39 is 10.0 Å². The van der Waals surface area contributed by atoms with Gasteiger partial charge in [-0.2, -0.15) is 4.31 Å². The normalized spacial score (nSPS) is 12.0. The summed E-state index contributed by atoms with van der Waals surface area (Å²) >= 11 is 0. The molecule has 0 bridgehead atoms. The molecule has 0 spiro atoms. The molecule has 0 saturated heterocycles. The number of hydrogen-bond donors (Lipinski definition) is 1. The maximum atomic E-state index is 12.2. The van der Waals surface area contributed by atoms with Crippen molar-refractivity contribution in [3.05, 3.63) is 30.6 Å². The summed E-state index contributed by atoms with van der Waals surface area (Å²) in [6.07, 6.45) is 3.99. The summed E-state index contributed by atoms with van der Waals surface area (Å²) < 4.78 is 27.4. The van der Waals surface area contributed by atoms with E-state index in [0.29, 0.717) is 12.2 Å². The average molecular weight is 272 g/mol. The highest BCUT2D eigenvalue weighted by Crippen LogP contribution is 2.18. The number of nitrogens with zero attached hydrogens (tertiary/aromatic N) is 2. The molecule has 0 aliphatic heterocycles. The van der Waals surface area contributed by atoms with Gasteiger partial charge in [-0.25, -0.2) is 8.42 Å². The van der Waals surface area contributed by atoms with Gasteiger partial charge >= 0.3 is 0 Å². The zero-order valence-corrected chi connectivity index (χ0v) is 11.7. The number of rotatable bonds is 7. The first kappa shape index (κ1) is 14.9. The maximum absolute atomic E-state index is 12.2. The highest BCUT2D eigenvalue weighted by Gasteiger charge is 2.22. The van der Waals surface area contributed by atoms with E-state index in [1.54, 1.807) is 10.8 Å². The molecule has 0 fully saturated rings. The summed E-state index contributed by atoms with van der Waals surface area (Å²) in [5.41, 5.74) is 0.613. The van der Waals surface area contributed by atoms with Crippen LogP contribution in [-0.2, 0) is 23.2 Å². The summed E-state index contributed by atoms with van der Waals surface area (Å²) in [5, 5.41) is 9.22. The second-order valence-corrected chi connectivity index (χ2v) is 6.14. The molecule has 1 aromatic rings. The second kappa shape index (κ2) is 6.17. The fraction of sp³-hybridized carbons (Fsp3) is 0.500. The number of hydrogen-bond acceptors (Lipinski definition) is 3. The van der Waals surface area contributed by atoms with Crippen LogP contribution in [0.25, 0.3) is 0 Å². The Bertz CT molecular complexity index is 505. The lowest BCUT2D eigenvalue weighted by molar-refractivity contribution is 0.270. The minimum Gasteiger partial charge on any atom is -0.390 e. The molecule has 1 rings (SSSR count). The van der Waals surface area contributed by atoms with Crippen molar-refractivity contribution < 1.29 is 13.5 Å². The van der Waals surface area contributed by atoms with Crippen LogP contribution < -0.4 is 0 Å². The van der Waals surface area contributed by atoms with E-state index in [1.165, 1.54) is 23.5 Å². The van der Waals surface area contributed by atoms with Crippen molar-refractivity contribution in [2.24, 2.45) is 0 Å². The molecule has 0 atom stereocenters. The first-order valence-corrected chi connectivity index (χ1v) is 7.28. The van der Waals surface area contributed by atoms with Crippen molar-refractivity contribution in [2.45, 2.75) is 31.4 Å². The molecule has 6 heteroatoms. The molecule has 1 N–H and O–H groups in total. The predicted octanol–water partition coefficient (Wildman–Crippen LogP) is 1.20. The van der Waals surface area contributed by atoms with Gasteiger partial charge in [-0.3, -0.25) is 0 Å². The van der Waals surface area contributed by atoms with Crippen LogP contribution in [0.4, 0.5) is 0 Å². The van der Waals surface area contributed by atoms with Crippen LogP contribution in [-0.4, -0.2) is 36.0 Å². The van der Waals surface area contributed by atoms with Gasteiger partial charge in [-0.05, 0) is 12.5 Å². The quantitative estimate of drug-likeness (QED) is 0.759. The van der Waals surface area contributed by atoms with Gasteiger partial charge in [0.05, 0.1) is 6.61 Å². The molecule has 0 aliphatic carbocycles. The van der Waals surface area contributed by atoms with Gasteiger partial charge in [0.15, 0.2) is 0 Å². The average Bonchev–Trinajstić information content (AvgIpc) is 2.73. The maximum Gasteiger partial charge on any atom is 0.244 e. The highest BCUT2D eigenvalue weighted by molar-refractivity contribution is 7.89. The van der Waals surface area contributed by atoms with Crippen LogP contribution in [0.2, 0.25) is 0 Å². The van der Waals surface area contributed by atoms with E-state index in [2.05, 4.69) is 6.58 Å². The standard InChI is InChI=1S/C12H20N2O3S/c1-4-6-13(3)18(16,17)12-8-11(10-15)14(9-12)7-5-2/h4,8-9,15H,1,5-7,10H2,2-3H3. The molecule has 0 aliphatic rings. The smallest absolute Gasteiger partial charge is 0.244 e. The summed E-state index contributed by atoms with van der Waals surface area (Å²) in [6.45, 7) is 6.31. The van der Waals surface area contributed by atoms with Gasteiger partial charge in [0, 0.05) is 32.0 Å². The molecule has 1 aromatic heterocycles. The lowest BCUT2D eigenvalue weighted by Crippen LogP contribution is -2.26. The third-order valence-electron chi connectivity index (χ3n) is 2.68. The first-order chi connectivity index (χ1) is 8.47. The van der Waals surface area contributed by atoms with Gasteiger partial charge in [0.2, 0.25) is 10.0 Å². The zero-order chi connectivity index (χ0) is 13.8. The van der Waals surface area contributed by atoms with E-state index in [-0.39, 0.29) is 18.0 Å². The topological polar surface area (TPSA) is 62.5 Å². The van der Waals surface area contributed by atoms with Gasteiger partial charge in [0.1, 0.15) is 4.90 Å². The molecule has 0 radical (unpaired) electrons. The third-order valence-corrected chi connectivity index (χ3v) is 4.47. The van der Waals surface area contributed by atoms with E-state index >= 15 is 0 Å². The Balaban J connectivity index is 3.13. The molecule has 0 unspecified atom stereocenters. The van der Waals surface area contributed by atoms with E-state index in [0.717, 1.165) is 6.42 Å². The third kappa shape index (κ3) is 3.01. The van der Waals surface area contributed by atoms with Gasteiger partial charge in [-0.15, -0.1) is 6.58 Å². The molecule has 1 heterocycles. The number of likely N-dealkylation sites (N-methyl/N-ethyl adjacent to an activating group) is 1. The van der Waals surface area contributed by atoms with Gasteiger partial charge in [0.25, 0.3) is 0 Å². The monoisotopic (exact) mass is 272 g/mol. The fourth-order valence-corrected chi connectivity index (χ4v) is 2.91. The van der Waals surface area contributed by atoms with Crippen LogP contribution in [0.5, 0.6) is 0 Å². The molecule has 102 valence electrons. The van der Waals surface area contributed by atoms with Crippen molar-refractivity contribution in [1.82, 2.24) is 8.87 Å². The lowest BCUT2D eigenvalue weighted by Gasteiger charge is -2.13. The SMILES string of the molecule is C=CCN(C)S(=O)(=O)c1cc(CO)n(CCC)c1. The number of aryl methyl sites for hydroxylation is 1. The van der Waals surface area contributed by atoms with E-state index in [4.69, 9.17) is 0 Å². The number of aromatic nitrogens is 1. The molecule has 5 nitrogen and oxygen atoms in total. The Labute approximate surface area is 108 Å². The van der Waals surface area contributed by atoms with Crippen LogP contribution >= 0.6 is 0 Å². The van der Waals surface area contributed by atoms with E-state index in [1.807, 2.05) is 6.92 Å². The van der Waals surface area contributed by atoms with Gasteiger partial charge < -0.3 is 9.67 Å². The van der Waals surface area contributed by atoms with Crippen molar-refractivity contribution in [3.63, 3.8) is 0 Å². The zero-order valence-electron chi connectivity index (χ0n) is 10.8. The van der Waals surface area contributed by atoms with Crippen LogP contribution in [0, 0.1) is 0 Å². The Morgan fingerprint density at radius 3 is 2.72 bits per heavy atom. The summed E-state index contributed by atoms with van der Waals surface area (Å²) in [4.78, 5) is 0.212. The number of sulfonamides is 1. The van der Waals surface area contributed by atoms with Crippen LogP contribution in [0.1, 0.15) is 19.0 Å². The predicted molar refractivity (Wildman–Crippen MR) is 70.7 cm³/mol. The molecular weight excluding hydrogens is 252 g/mol. The largest absolute Gasteiger partial charge is 0.390 e. The molecular formula is C12H20N2O3S. The van der Waals surface area contributed by atoms with Crippen LogP contribution in [0.15, 0.2) is 29.8 Å². The van der Waals surface area contributed by atoms with Crippen LogP contribution in [0.3, 0.4) is 0 Å². The lowest BCUT2D eigenvalue weighted by atomic mass is 10.4. The molecule has 0 saturated carbocycles. The molecule has 18 heavy (non-hydrogen) atoms. The Hall–Kier alpha value is -1.11. The Kier molecular flexibility index (Phi) is 5.13. The minimum atomic E-state index is -3.50. The van der Waals surface area contributed by atoms with Crippen molar-refractivity contribution in [1.29, 1.82) is 0 Å². The summed E-state index contributed by atoms with van der Waals surface area (Å²) in [5.74, 6) is 0. The minimum absolute atomic E-state index is 0.166. The van der Waals surface area contributed by atoms with Crippen molar-refractivity contribution in [3.8, 4) is 0 Å². The Morgan fingerprint density at radius 1 is 1.56 bits per heavy atom. The highest BCUT2D eigenvalue weighted by atomic mass is 32.2. The first-order valence-electron chi connectivity index (χ1n) is 5.84. The van der Waals surface area contributed by atoms with Gasteiger partial charge in [-0.1, -0.05) is 13.0 Å². The molecule has 0 amide bonds. The summed E-state index contributed by atoms with van der Waals surface area (Å²) in [7, 11) is -1.99. The number of aliphatic hydroxyl groups is 1. The second-order valence-electron chi connectivity index (χ2n) is 4.09. The van der Waals surface area contributed by atoms with Crippen molar-refractivity contribution >= 4 is 10.0 Å². The molecule has 0 aromatic carbocycles. The summed E-state index contributed by atoms with van der Waals surface area (Å²) in [6, 6.07) is 1.52. The van der Waals surface area contributed by atoms with Crippen molar-refractivity contribution in [2.75, 3.05) is 13.6 Å². The fourth-order valence-electron chi connectivity index (χ4n) is 1.71. The Morgan fingerprint density at radius 2 is 2.22 bits per heavy atom. The number of aliphatic hydroxyl groups excluding tert-OH is 1. The van der Waals surface area contributed by atoms with E-state index in [9.17, 15) is 13.5 Å².